The van der Waals surface area contributed by atoms with Crippen LogP contribution in [-0.2, 0) is 17.6 Å². The van der Waals surface area contributed by atoms with Crippen molar-refractivity contribution in [2.24, 2.45) is 11.5 Å². The van der Waals surface area contributed by atoms with Gasteiger partial charge in [-0.1, -0.05) is 24.3 Å². The van der Waals surface area contributed by atoms with Gasteiger partial charge in [-0.15, -0.1) is 0 Å². The predicted octanol–water partition coefficient (Wildman–Crippen LogP) is 1.96. The second kappa shape index (κ2) is 10.6. The van der Waals surface area contributed by atoms with E-state index in [1.165, 1.54) is 5.56 Å². The van der Waals surface area contributed by atoms with E-state index in [2.05, 4.69) is 6.07 Å². The predicted molar refractivity (Wildman–Crippen MR) is 99.0 cm³/mol. The molecule has 0 spiro atoms. The molecule has 0 fully saturated rings. The molecule has 2 aromatic rings. The molecule has 2 rings (SSSR count). The van der Waals surface area contributed by atoms with E-state index in [9.17, 15) is 4.79 Å². The van der Waals surface area contributed by atoms with Gasteiger partial charge in [0, 0.05) is 6.04 Å². The molecule has 6 nitrogen and oxygen atoms in total. The highest BCUT2D eigenvalue weighted by atomic mass is 16.4. The average molecular weight is 350 g/mol. The van der Waals surface area contributed by atoms with Crippen molar-refractivity contribution < 1.29 is 9.90 Å². The molecule has 2 aromatic carbocycles. The first-order valence-corrected chi connectivity index (χ1v) is 8.07. The van der Waals surface area contributed by atoms with Gasteiger partial charge in [-0.2, -0.15) is 10.5 Å². The lowest BCUT2D eigenvalue weighted by Gasteiger charge is -2.05. The summed E-state index contributed by atoms with van der Waals surface area (Å²) in [4.78, 5) is 10.4. The average Bonchev–Trinajstić information content (AvgIpc) is 2.63. The highest BCUT2D eigenvalue weighted by Gasteiger charge is 2.11. The second-order valence-corrected chi connectivity index (χ2v) is 5.95. The molecule has 0 amide bonds. The SMILES string of the molecule is C[C@@H](N)Cc1ccc(C#N)cc1.N#Cc1ccc(C[C@H](N)C(=O)O)cc1. The Morgan fingerprint density at radius 2 is 1.31 bits per heavy atom. The highest BCUT2D eigenvalue weighted by Crippen LogP contribution is 2.06. The van der Waals surface area contributed by atoms with Gasteiger partial charge in [0.25, 0.3) is 0 Å². The minimum absolute atomic E-state index is 0.179. The third-order valence-corrected chi connectivity index (χ3v) is 3.50. The fourth-order valence-electron chi connectivity index (χ4n) is 2.14. The molecule has 0 heterocycles. The highest BCUT2D eigenvalue weighted by molar-refractivity contribution is 5.73. The van der Waals surface area contributed by atoms with Crippen LogP contribution >= 0.6 is 0 Å². The van der Waals surface area contributed by atoms with Crippen LogP contribution in [0.4, 0.5) is 0 Å². The minimum Gasteiger partial charge on any atom is -0.480 e. The molecule has 26 heavy (non-hydrogen) atoms. The minimum atomic E-state index is -1.02. The summed E-state index contributed by atoms with van der Waals surface area (Å²) in [6, 6.07) is 17.6. The second-order valence-electron chi connectivity index (χ2n) is 5.95. The Morgan fingerprint density at radius 3 is 1.62 bits per heavy atom. The van der Waals surface area contributed by atoms with Crippen molar-refractivity contribution in [2.45, 2.75) is 31.8 Å². The zero-order valence-corrected chi connectivity index (χ0v) is 14.6. The third kappa shape index (κ3) is 7.59. The Bertz CT molecular complexity index is 785. The van der Waals surface area contributed by atoms with Gasteiger partial charge in [0.2, 0.25) is 0 Å². The van der Waals surface area contributed by atoms with Crippen molar-refractivity contribution in [1.82, 2.24) is 0 Å². The van der Waals surface area contributed by atoms with Crippen LogP contribution in [0.15, 0.2) is 48.5 Å². The Balaban J connectivity index is 0.000000263. The van der Waals surface area contributed by atoms with Crippen LogP contribution in [0.1, 0.15) is 29.2 Å². The number of aliphatic carboxylic acids is 1. The quantitative estimate of drug-likeness (QED) is 0.754. The van der Waals surface area contributed by atoms with Gasteiger partial charge in [-0.3, -0.25) is 4.79 Å². The summed E-state index contributed by atoms with van der Waals surface area (Å²) in [5.74, 6) is -1.02. The number of carbonyl (C=O) groups is 1. The lowest BCUT2D eigenvalue weighted by molar-refractivity contribution is -0.138. The van der Waals surface area contributed by atoms with E-state index in [0.29, 0.717) is 11.1 Å². The summed E-state index contributed by atoms with van der Waals surface area (Å²) < 4.78 is 0. The van der Waals surface area contributed by atoms with E-state index in [-0.39, 0.29) is 12.5 Å². The number of carboxylic acid groups (broad SMARTS) is 1. The van der Waals surface area contributed by atoms with E-state index < -0.39 is 12.0 Å². The normalized spacial score (nSPS) is 11.9. The van der Waals surface area contributed by atoms with E-state index >= 15 is 0 Å². The molecular weight excluding hydrogens is 328 g/mol. The van der Waals surface area contributed by atoms with Crippen molar-refractivity contribution in [2.75, 3.05) is 0 Å². The standard InChI is InChI=1S/C10H10N2O2.C10H12N2/c11-6-8-3-1-7(2-4-8)5-9(12)10(13)14;1-8(12)6-9-2-4-10(7-11)5-3-9/h1-4,9H,5,12H2,(H,13,14);2-5,8H,6,12H2,1H3/t9-;8-/m01/s1. The molecule has 0 saturated carbocycles. The number of rotatable bonds is 5. The van der Waals surface area contributed by atoms with Crippen molar-refractivity contribution in [1.29, 1.82) is 10.5 Å². The molecule has 6 heteroatoms. The Labute approximate surface area is 153 Å². The lowest BCUT2D eigenvalue weighted by Crippen LogP contribution is -2.32. The van der Waals surface area contributed by atoms with Gasteiger partial charge in [-0.05, 0) is 55.2 Å². The molecule has 0 aliphatic rings. The van der Waals surface area contributed by atoms with Crippen LogP contribution in [0.25, 0.3) is 0 Å². The molecule has 5 N–H and O–H groups in total. The molecule has 2 atom stereocenters. The van der Waals surface area contributed by atoms with Gasteiger partial charge in [0.1, 0.15) is 6.04 Å². The number of nitrogens with zero attached hydrogens (tertiary/aromatic N) is 2. The summed E-state index contributed by atoms with van der Waals surface area (Å²) in [5, 5.41) is 25.6. The summed E-state index contributed by atoms with van der Waals surface area (Å²) in [7, 11) is 0. The molecule has 0 bridgehead atoms. The van der Waals surface area contributed by atoms with Gasteiger partial charge in [0.15, 0.2) is 0 Å². The maximum absolute atomic E-state index is 10.4. The number of nitriles is 2. The zero-order valence-electron chi connectivity index (χ0n) is 14.6. The van der Waals surface area contributed by atoms with Crippen LogP contribution < -0.4 is 11.5 Å². The molecular formula is C20H22N4O2. The number of carboxylic acids is 1. The smallest absolute Gasteiger partial charge is 0.320 e. The van der Waals surface area contributed by atoms with Crippen LogP contribution in [-0.4, -0.2) is 23.2 Å². The topological polar surface area (TPSA) is 137 Å². The summed E-state index contributed by atoms with van der Waals surface area (Å²) >= 11 is 0. The Morgan fingerprint density at radius 1 is 0.923 bits per heavy atom. The van der Waals surface area contributed by atoms with Crippen LogP contribution in [0.5, 0.6) is 0 Å². The Kier molecular flexibility index (Phi) is 8.52. The van der Waals surface area contributed by atoms with E-state index in [1.807, 2.05) is 37.3 Å². The van der Waals surface area contributed by atoms with E-state index in [4.69, 9.17) is 27.1 Å². The number of hydrogen-bond donors (Lipinski definition) is 3. The first-order valence-electron chi connectivity index (χ1n) is 8.07. The van der Waals surface area contributed by atoms with E-state index in [1.54, 1.807) is 24.3 Å². The fraction of sp³-hybridized carbons (Fsp3) is 0.250. The molecule has 0 aliphatic heterocycles. The number of benzene rings is 2. The van der Waals surface area contributed by atoms with Gasteiger partial charge in [-0.25, -0.2) is 0 Å². The van der Waals surface area contributed by atoms with Crippen LogP contribution in [0.2, 0.25) is 0 Å². The third-order valence-electron chi connectivity index (χ3n) is 3.50. The molecule has 0 aromatic heterocycles. The zero-order chi connectivity index (χ0) is 19.5. The summed E-state index contributed by atoms with van der Waals surface area (Å²) in [6.45, 7) is 1.97. The Hall–Kier alpha value is -3.19. The molecule has 0 aliphatic carbocycles. The largest absolute Gasteiger partial charge is 0.480 e. The molecule has 0 unspecified atom stereocenters. The number of nitrogens with two attached hydrogens (primary N) is 2. The number of hydrogen-bond acceptors (Lipinski definition) is 5. The summed E-state index contributed by atoms with van der Waals surface area (Å²) in [5.41, 5.74) is 14.2. The fourth-order valence-corrected chi connectivity index (χ4v) is 2.14. The van der Waals surface area contributed by atoms with Crippen LogP contribution in [0.3, 0.4) is 0 Å². The van der Waals surface area contributed by atoms with Crippen molar-refractivity contribution in [3.8, 4) is 12.1 Å². The van der Waals surface area contributed by atoms with Gasteiger partial charge >= 0.3 is 5.97 Å². The van der Waals surface area contributed by atoms with E-state index in [0.717, 1.165) is 12.0 Å². The first-order chi connectivity index (χ1) is 12.3. The maximum Gasteiger partial charge on any atom is 0.320 e. The monoisotopic (exact) mass is 350 g/mol. The van der Waals surface area contributed by atoms with Crippen molar-refractivity contribution >= 4 is 5.97 Å². The van der Waals surface area contributed by atoms with Crippen LogP contribution in [0, 0.1) is 22.7 Å². The molecule has 0 radical (unpaired) electrons. The van der Waals surface area contributed by atoms with Gasteiger partial charge in [0.05, 0.1) is 23.3 Å². The maximum atomic E-state index is 10.4. The molecule has 0 saturated heterocycles. The lowest BCUT2D eigenvalue weighted by atomic mass is 10.1. The first kappa shape index (κ1) is 20.9. The summed E-state index contributed by atoms with van der Waals surface area (Å²) in [6.07, 6.45) is 1.15. The van der Waals surface area contributed by atoms with Crippen molar-refractivity contribution in [3.63, 3.8) is 0 Å². The van der Waals surface area contributed by atoms with Gasteiger partial charge < -0.3 is 16.6 Å². The van der Waals surface area contributed by atoms with Crippen molar-refractivity contribution in [3.05, 3.63) is 70.8 Å². The molecule has 134 valence electrons.